The van der Waals surface area contributed by atoms with Crippen LogP contribution in [-0.4, -0.2) is 12.1 Å². The molecule has 1 aliphatic rings. The van der Waals surface area contributed by atoms with E-state index in [1.54, 1.807) is 0 Å². The van der Waals surface area contributed by atoms with Crippen LogP contribution in [-0.2, 0) is 9.53 Å². The van der Waals surface area contributed by atoms with E-state index >= 15 is 0 Å². The molecule has 0 aromatic rings. The van der Waals surface area contributed by atoms with Gasteiger partial charge in [0.2, 0.25) is 0 Å². The summed E-state index contributed by atoms with van der Waals surface area (Å²) in [6, 6.07) is 0. The van der Waals surface area contributed by atoms with E-state index in [1.165, 1.54) is 19.3 Å². The van der Waals surface area contributed by atoms with Crippen molar-refractivity contribution in [2.24, 2.45) is 0 Å². The molecule has 0 saturated carbocycles. The van der Waals surface area contributed by atoms with Gasteiger partial charge in [0.05, 0.1) is 0 Å². The molecule has 0 unspecified atom stereocenters. The molecular weight excluding hydrogens is 200 g/mol. The SMILES string of the molecule is CC#CCCCCCCC1=C[C@H](C)OC1=O. The lowest BCUT2D eigenvalue weighted by Crippen LogP contribution is -2.03. The molecule has 16 heavy (non-hydrogen) atoms. The van der Waals surface area contributed by atoms with Crippen LogP contribution in [0.15, 0.2) is 11.6 Å². The van der Waals surface area contributed by atoms with Gasteiger partial charge in [-0.3, -0.25) is 0 Å². The van der Waals surface area contributed by atoms with E-state index in [9.17, 15) is 4.79 Å². The van der Waals surface area contributed by atoms with Crippen molar-refractivity contribution in [2.45, 2.75) is 58.5 Å². The van der Waals surface area contributed by atoms with Crippen molar-refractivity contribution in [3.63, 3.8) is 0 Å². The Hall–Kier alpha value is -1.23. The second-order valence-electron chi connectivity index (χ2n) is 4.14. The lowest BCUT2D eigenvalue weighted by Gasteiger charge is -2.00. The number of carbonyl (C=O) groups is 1. The van der Waals surface area contributed by atoms with Gasteiger partial charge in [-0.15, -0.1) is 11.8 Å². The fourth-order valence-electron chi connectivity index (χ4n) is 1.82. The van der Waals surface area contributed by atoms with Crippen molar-refractivity contribution >= 4 is 5.97 Å². The summed E-state index contributed by atoms with van der Waals surface area (Å²) in [6.07, 6.45) is 8.39. The summed E-state index contributed by atoms with van der Waals surface area (Å²) in [5.41, 5.74) is 0.862. The molecule has 2 heteroatoms. The minimum Gasteiger partial charge on any atom is -0.455 e. The highest BCUT2D eigenvalue weighted by Crippen LogP contribution is 2.19. The van der Waals surface area contributed by atoms with Crippen LogP contribution < -0.4 is 0 Å². The monoisotopic (exact) mass is 220 g/mol. The van der Waals surface area contributed by atoms with Crippen LogP contribution in [0.3, 0.4) is 0 Å². The van der Waals surface area contributed by atoms with E-state index in [0.717, 1.165) is 24.8 Å². The third-order valence-corrected chi connectivity index (χ3v) is 2.67. The first-order chi connectivity index (χ1) is 7.74. The smallest absolute Gasteiger partial charge is 0.334 e. The number of hydrogen-bond donors (Lipinski definition) is 0. The summed E-state index contributed by atoms with van der Waals surface area (Å²) in [4.78, 5) is 11.3. The summed E-state index contributed by atoms with van der Waals surface area (Å²) >= 11 is 0. The van der Waals surface area contributed by atoms with Crippen molar-refractivity contribution in [3.8, 4) is 11.8 Å². The van der Waals surface area contributed by atoms with E-state index < -0.39 is 0 Å². The Balaban J connectivity index is 2.05. The summed E-state index contributed by atoms with van der Waals surface area (Å²) in [7, 11) is 0. The Kier molecular flexibility index (Phi) is 5.71. The number of cyclic esters (lactones) is 1. The Morgan fingerprint density at radius 1 is 1.31 bits per heavy atom. The highest BCUT2D eigenvalue weighted by Gasteiger charge is 2.20. The zero-order valence-corrected chi connectivity index (χ0v) is 10.2. The summed E-state index contributed by atoms with van der Waals surface area (Å²) in [6.45, 7) is 3.77. The molecule has 0 saturated heterocycles. The quantitative estimate of drug-likeness (QED) is 0.390. The second kappa shape index (κ2) is 7.11. The molecule has 0 aliphatic carbocycles. The maximum absolute atomic E-state index is 11.3. The van der Waals surface area contributed by atoms with E-state index in [1.807, 2.05) is 19.9 Å². The zero-order valence-electron chi connectivity index (χ0n) is 10.2. The molecule has 0 radical (unpaired) electrons. The number of ether oxygens (including phenoxy) is 1. The van der Waals surface area contributed by atoms with Crippen LogP contribution >= 0.6 is 0 Å². The van der Waals surface area contributed by atoms with Gasteiger partial charge in [-0.2, -0.15) is 0 Å². The average molecular weight is 220 g/mol. The summed E-state index contributed by atoms with van der Waals surface area (Å²) in [5.74, 6) is 5.83. The minimum absolute atomic E-state index is 0.0256. The van der Waals surface area contributed by atoms with Crippen LogP contribution in [0, 0.1) is 11.8 Å². The zero-order chi connectivity index (χ0) is 11.8. The van der Waals surface area contributed by atoms with Crippen LogP contribution in [0.1, 0.15) is 52.4 Å². The van der Waals surface area contributed by atoms with Gasteiger partial charge in [0.1, 0.15) is 6.10 Å². The molecule has 2 nitrogen and oxygen atoms in total. The number of hydrogen-bond acceptors (Lipinski definition) is 2. The fraction of sp³-hybridized carbons (Fsp3) is 0.643. The number of esters is 1. The molecule has 1 atom stereocenters. The third kappa shape index (κ3) is 4.53. The lowest BCUT2D eigenvalue weighted by molar-refractivity contribution is -0.139. The minimum atomic E-state index is -0.121. The van der Waals surface area contributed by atoms with Crippen molar-refractivity contribution in [3.05, 3.63) is 11.6 Å². The van der Waals surface area contributed by atoms with E-state index in [0.29, 0.717) is 0 Å². The van der Waals surface area contributed by atoms with E-state index in [-0.39, 0.29) is 12.1 Å². The molecule has 0 aromatic carbocycles. The average Bonchev–Trinajstić information content (AvgIpc) is 2.56. The predicted octanol–water partition coefficient (Wildman–Crippen LogP) is 3.22. The van der Waals surface area contributed by atoms with Gasteiger partial charge in [-0.25, -0.2) is 4.79 Å². The summed E-state index contributed by atoms with van der Waals surface area (Å²) in [5, 5.41) is 0. The van der Waals surface area contributed by atoms with Crippen LogP contribution in [0.5, 0.6) is 0 Å². The van der Waals surface area contributed by atoms with Gasteiger partial charge in [0.15, 0.2) is 0 Å². The standard InChI is InChI=1S/C14H20O2/c1-3-4-5-6-7-8-9-10-13-11-12(2)16-14(13)15/h11-12H,5-10H2,1-2H3/t12-/m0/s1. The molecule has 0 fully saturated rings. The Morgan fingerprint density at radius 2 is 2.06 bits per heavy atom. The molecule has 0 spiro atoms. The molecule has 0 amide bonds. The number of unbranched alkanes of at least 4 members (excludes halogenated alkanes) is 4. The highest BCUT2D eigenvalue weighted by molar-refractivity contribution is 5.90. The molecule has 1 heterocycles. The van der Waals surface area contributed by atoms with E-state index in [2.05, 4.69) is 11.8 Å². The van der Waals surface area contributed by atoms with E-state index in [4.69, 9.17) is 4.74 Å². The van der Waals surface area contributed by atoms with Crippen LogP contribution in [0.2, 0.25) is 0 Å². The first-order valence-electron chi connectivity index (χ1n) is 6.05. The van der Waals surface area contributed by atoms with Gasteiger partial charge in [-0.05, 0) is 39.2 Å². The third-order valence-electron chi connectivity index (χ3n) is 2.67. The Bertz CT molecular complexity index is 317. The lowest BCUT2D eigenvalue weighted by atomic mass is 10.1. The van der Waals surface area contributed by atoms with Crippen molar-refractivity contribution in [2.75, 3.05) is 0 Å². The maximum Gasteiger partial charge on any atom is 0.334 e. The van der Waals surface area contributed by atoms with Gasteiger partial charge < -0.3 is 4.74 Å². The fourth-order valence-corrected chi connectivity index (χ4v) is 1.82. The normalized spacial score (nSPS) is 18.8. The molecule has 0 N–H and O–H groups in total. The van der Waals surface area contributed by atoms with Crippen LogP contribution in [0.4, 0.5) is 0 Å². The van der Waals surface area contributed by atoms with Crippen molar-refractivity contribution in [1.82, 2.24) is 0 Å². The molecular formula is C14H20O2. The molecule has 1 rings (SSSR count). The largest absolute Gasteiger partial charge is 0.455 e. The molecule has 0 bridgehead atoms. The Labute approximate surface area is 98.1 Å². The van der Waals surface area contributed by atoms with Gasteiger partial charge in [-0.1, -0.05) is 12.8 Å². The predicted molar refractivity (Wildman–Crippen MR) is 64.8 cm³/mol. The molecule has 1 aliphatic heterocycles. The Morgan fingerprint density at radius 3 is 2.69 bits per heavy atom. The van der Waals surface area contributed by atoms with Crippen molar-refractivity contribution < 1.29 is 9.53 Å². The highest BCUT2D eigenvalue weighted by atomic mass is 16.5. The molecule has 88 valence electrons. The topological polar surface area (TPSA) is 26.3 Å². The first-order valence-corrected chi connectivity index (χ1v) is 6.05. The van der Waals surface area contributed by atoms with Gasteiger partial charge in [0, 0.05) is 12.0 Å². The van der Waals surface area contributed by atoms with Crippen molar-refractivity contribution in [1.29, 1.82) is 0 Å². The maximum atomic E-state index is 11.3. The summed E-state index contributed by atoms with van der Waals surface area (Å²) < 4.78 is 5.03. The van der Waals surface area contributed by atoms with Gasteiger partial charge >= 0.3 is 5.97 Å². The van der Waals surface area contributed by atoms with Crippen LogP contribution in [0.25, 0.3) is 0 Å². The second-order valence-corrected chi connectivity index (χ2v) is 4.14. The number of carbonyl (C=O) groups excluding carboxylic acids is 1. The molecule has 0 aromatic heterocycles. The van der Waals surface area contributed by atoms with Gasteiger partial charge in [0.25, 0.3) is 0 Å². The number of rotatable bonds is 6. The first kappa shape index (κ1) is 12.8.